The third kappa shape index (κ3) is 22.8. The summed E-state index contributed by atoms with van der Waals surface area (Å²) in [5.41, 5.74) is 0.618. The van der Waals surface area contributed by atoms with Crippen LogP contribution >= 0.6 is 0 Å². The lowest BCUT2D eigenvalue weighted by Gasteiger charge is -2.08. The molecule has 0 spiro atoms. The first-order chi connectivity index (χ1) is 16.2. The van der Waals surface area contributed by atoms with Crippen LogP contribution in [0.25, 0.3) is 0 Å². The van der Waals surface area contributed by atoms with Crippen molar-refractivity contribution in [1.82, 2.24) is 0 Å². The highest BCUT2D eigenvalue weighted by Gasteiger charge is 2.07. The third-order valence-corrected chi connectivity index (χ3v) is 3.73. The molecule has 0 heterocycles. The molecule has 0 aromatic rings. The highest BCUT2D eigenvalue weighted by Crippen LogP contribution is 1.99. The Morgan fingerprint density at radius 3 is 1.34 bits per heavy atom. The highest BCUT2D eigenvalue weighted by atomic mass is 16.7. The Morgan fingerprint density at radius 1 is 0.543 bits per heavy atom. The van der Waals surface area contributed by atoms with Crippen molar-refractivity contribution in [3.63, 3.8) is 0 Å². The fraction of sp³-hybridized carbons (Fsp3) is 0.667. The van der Waals surface area contributed by atoms with Crippen LogP contribution in [0.15, 0.2) is 24.3 Å². The molecule has 0 radical (unpaired) electrons. The molecular weight excluding hydrogens is 464 g/mol. The molecule has 11 heteroatoms. The molecule has 0 amide bonds. The van der Waals surface area contributed by atoms with Crippen LogP contribution < -0.4 is 0 Å². The highest BCUT2D eigenvalue weighted by molar-refractivity contribution is 5.87. The summed E-state index contributed by atoms with van der Waals surface area (Å²) in [6.07, 6.45) is 1.02. The van der Waals surface area contributed by atoms with Crippen LogP contribution in [0.1, 0.15) is 47.0 Å². The lowest BCUT2D eigenvalue weighted by molar-refractivity contribution is -0.149. The van der Waals surface area contributed by atoms with Gasteiger partial charge in [-0.3, -0.25) is 9.59 Å². The molecule has 0 unspecified atom stereocenters. The molecule has 0 N–H and O–H groups in total. The van der Waals surface area contributed by atoms with Gasteiger partial charge in [-0.15, -0.1) is 0 Å². The Kier molecular flexibility index (Phi) is 22.6. The van der Waals surface area contributed by atoms with E-state index < -0.39 is 23.9 Å². The van der Waals surface area contributed by atoms with Gasteiger partial charge in [0.25, 0.3) is 0 Å². The normalized spacial score (nSPS) is 10.0. The Morgan fingerprint density at radius 2 is 0.914 bits per heavy atom. The molecule has 0 rings (SSSR count). The lowest BCUT2D eigenvalue weighted by Crippen LogP contribution is -2.15. The van der Waals surface area contributed by atoms with Gasteiger partial charge in [-0.05, 0) is 26.7 Å². The summed E-state index contributed by atoms with van der Waals surface area (Å²) < 4.78 is 35.3. The zero-order valence-corrected chi connectivity index (χ0v) is 20.1. The van der Waals surface area contributed by atoms with Gasteiger partial charge < -0.3 is 33.2 Å². The predicted molar refractivity (Wildman–Crippen MR) is 126 cm³/mol. The average molecular weight is 505 g/mol. The molecule has 11 nitrogen and oxygen atoms in total. The molecular formula is C24H40O11. The Labute approximate surface area is 207 Å². The summed E-state index contributed by atoms with van der Waals surface area (Å²) in [4.78, 5) is 45.3. The molecule has 202 valence electrons. The smallest absolute Gasteiger partial charge is 0.333 e. The minimum Gasteiger partial charge on any atom is -0.463 e. The van der Waals surface area contributed by atoms with Gasteiger partial charge in [0, 0.05) is 24.0 Å². The second-order valence-electron chi connectivity index (χ2n) is 7.03. The van der Waals surface area contributed by atoms with Gasteiger partial charge in [0.05, 0.1) is 39.6 Å². The van der Waals surface area contributed by atoms with Crippen molar-refractivity contribution in [1.29, 1.82) is 0 Å². The number of carbonyl (C=O) groups is 4. The molecule has 0 aliphatic carbocycles. The van der Waals surface area contributed by atoms with E-state index in [0.29, 0.717) is 30.6 Å². The molecule has 0 aliphatic rings. The van der Waals surface area contributed by atoms with Crippen LogP contribution in [-0.2, 0) is 52.3 Å². The Bertz CT molecular complexity index is 602. The molecule has 0 aliphatic heterocycles. The van der Waals surface area contributed by atoms with Crippen molar-refractivity contribution < 1.29 is 52.3 Å². The summed E-state index contributed by atoms with van der Waals surface area (Å²) in [5.74, 6) is -1.77. The molecule has 35 heavy (non-hydrogen) atoms. The minimum absolute atomic E-state index is 0. The van der Waals surface area contributed by atoms with Gasteiger partial charge in [0.2, 0.25) is 0 Å². The fourth-order valence-corrected chi connectivity index (χ4v) is 1.98. The number of hydrogen-bond donors (Lipinski definition) is 0. The van der Waals surface area contributed by atoms with Crippen LogP contribution in [0.5, 0.6) is 0 Å². The van der Waals surface area contributed by atoms with E-state index in [-0.39, 0.29) is 73.3 Å². The SMILES string of the molecule is C.C=C(C)C(=O)OCCCC(=O)OCCOCCOCOCCOC(=O)CCCOC(=O)C(=C)C. The maximum atomic E-state index is 11.5. The Hall–Kier alpha value is -2.76. The van der Waals surface area contributed by atoms with E-state index in [1.54, 1.807) is 13.8 Å². The first-order valence-corrected chi connectivity index (χ1v) is 10.9. The van der Waals surface area contributed by atoms with Gasteiger partial charge in [-0.25, -0.2) is 9.59 Å². The van der Waals surface area contributed by atoms with E-state index in [2.05, 4.69) is 13.2 Å². The van der Waals surface area contributed by atoms with Crippen molar-refractivity contribution in [3.05, 3.63) is 24.3 Å². The number of rotatable bonds is 21. The summed E-state index contributed by atoms with van der Waals surface area (Å²) in [6, 6.07) is 0. The summed E-state index contributed by atoms with van der Waals surface area (Å²) in [7, 11) is 0. The van der Waals surface area contributed by atoms with Gasteiger partial charge >= 0.3 is 23.9 Å². The van der Waals surface area contributed by atoms with Crippen LogP contribution in [0.4, 0.5) is 0 Å². The third-order valence-electron chi connectivity index (χ3n) is 3.73. The molecule has 0 fully saturated rings. The van der Waals surface area contributed by atoms with E-state index >= 15 is 0 Å². The predicted octanol–water partition coefficient (Wildman–Crippen LogP) is 2.52. The minimum atomic E-state index is -0.483. The van der Waals surface area contributed by atoms with Gasteiger partial charge in [-0.2, -0.15) is 0 Å². The van der Waals surface area contributed by atoms with Gasteiger partial charge in [-0.1, -0.05) is 20.6 Å². The number of carbonyl (C=O) groups excluding carboxylic acids is 4. The molecule has 0 saturated carbocycles. The van der Waals surface area contributed by atoms with Crippen LogP contribution in [0.2, 0.25) is 0 Å². The second kappa shape index (κ2) is 23.0. The quantitative estimate of drug-likeness (QED) is 0.0750. The molecule has 0 atom stereocenters. The number of esters is 4. The first kappa shape index (κ1) is 34.4. The fourth-order valence-electron chi connectivity index (χ4n) is 1.98. The standard InChI is InChI=1S/C23H36O11.CH4/c1-18(2)22(26)33-9-5-7-20(24)31-15-13-28-11-12-29-17-30-14-16-32-21(25)8-6-10-34-23(27)19(3)4;/h1,3,5-17H2,2,4H3;1H4. The number of ether oxygens (including phenoxy) is 7. The van der Waals surface area contributed by atoms with Crippen molar-refractivity contribution in [3.8, 4) is 0 Å². The Balaban J connectivity index is 0. The van der Waals surface area contributed by atoms with Crippen molar-refractivity contribution in [2.24, 2.45) is 0 Å². The van der Waals surface area contributed by atoms with Crippen LogP contribution in [0, 0.1) is 0 Å². The molecule has 0 bridgehead atoms. The van der Waals surface area contributed by atoms with E-state index in [1.807, 2.05) is 0 Å². The molecule has 0 saturated heterocycles. The van der Waals surface area contributed by atoms with Crippen molar-refractivity contribution in [2.75, 3.05) is 59.6 Å². The van der Waals surface area contributed by atoms with Crippen molar-refractivity contribution in [2.45, 2.75) is 47.0 Å². The van der Waals surface area contributed by atoms with E-state index in [0.717, 1.165) is 0 Å². The largest absolute Gasteiger partial charge is 0.463 e. The maximum Gasteiger partial charge on any atom is 0.333 e. The zero-order chi connectivity index (χ0) is 25.6. The average Bonchev–Trinajstić information content (AvgIpc) is 2.79. The number of hydrogen-bond acceptors (Lipinski definition) is 11. The van der Waals surface area contributed by atoms with E-state index in [4.69, 9.17) is 33.2 Å². The van der Waals surface area contributed by atoms with Gasteiger partial charge in [0.15, 0.2) is 0 Å². The van der Waals surface area contributed by atoms with Crippen LogP contribution in [-0.4, -0.2) is 83.5 Å². The van der Waals surface area contributed by atoms with Gasteiger partial charge in [0.1, 0.15) is 20.0 Å². The maximum absolute atomic E-state index is 11.5. The summed E-state index contributed by atoms with van der Waals surface area (Å²) in [5, 5.41) is 0. The van der Waals surface area contributed by atoms with Crippen LogP contribution in [0.3, 0.4) is 0 Å². The monoisotopic (exact) mass is 504 g/mol. The van der Waals surface area contributed by atoms with E-state index in [1.165, 1.54) is 0 Å². The lowest BCUT2D eigenvalue weighted by atomic mass is 10.3. The zero-order valence-electron chi connectivity index (χ0n) is 20.1. The molecule has 0 aromatic carbocycles. The second-order valence-corrected chi connectivity index (χ2v) is 7.03. The molecule has 0 aromatic heterocycles. The van der Waals surface area contributed by atoms with E-state index in [9.17, 15) is 19.2 Å². The summed E-state index contributed by atoms with van der Waals surface area (Å²) >= 11 is 0. The summed E-state index contributed by atoms with van der Waals surface area (Å²) in [6.45, 7) is 11.5. The van der Waals surface area contributed by atoms with Crippen molar-refractivity contribution >= 4 is 23.9 Å². The topological polar surface area (TPSA) is 133 Å². The first-order valence-electron chi connectivity index (χ1n) is 10.9.